The molecule has 142 valence electrons. The van der Waals surface area contributed by atoms with Crippen molar-refractivity contribution in [3.63, 3.8) is 0 Å². The van der Waals surface area contributed by atoms with E-state index in [-0.39, 0.29) is 17.1 Å². The first-order valence-electron chi connectivity index (χ1n) is 7.85. The molecular formula is C17H18N4O5S. The standard InChI is InChI=1S/C17H18N4O5S/c1-4-7-18-17-19-12(9-27-17)16(23)26-8-14(22)20-15-11(3)10(2)5-6-13(15)21(24)25/h4-6,9H,1,7-8H2,2-3H3,(H,18,19)(H,20,22). The van der Waals surface area contributed by atoms with Gasteiger partial charge in [0.15, 0.2) is 17.4 Å². The Bertz CT molecular complexity index is 893. The number of nitrogens with zero attached hydrogens (tertiary/aromatic N) is 2. The van der Waals surface area contributed by atoms with Gasteiger partial charge < -0.3 is 15.4 Å². The summed E-state index contributed by atoms with van der Waals surface area (Å²) in [5.74, 6) is -1.44. The Morgan fingerprint density at radius 1 is 1.41 bits per heavy atom. The van der Waals surface area contributed by atoms with Crippen LogP contribution in [-0.4, -0.2) is 34.9 Å². The minimum absolute atomic E-state index is 0.0667. The van der Waals surface area contributed by atoms with E-state index >= 15 is 0 Å². The highest BCUT2D eigenvalue weighted by Gasteiger charge is 2.20. The maximum Gasteiger partial charge on any atom is 0.358 e. The molecule has 1 aromatic heterocycles. The Morgan fingerprint density at radius 2 is 2.15 bits per heavy atom. The molecule has 0 aliphatic rings. The molecule has 1 amide bonds. The Labute approximate surface area is 159 Å². The van der Waals surface area contributed by atoms with Crippen LogP contribution in [0.15, 0.2) is 30.2 Å². The molecule has 0 saturated heterocycles. The van der Waals surface area contributed by atoms with Crippen LogP contribution in [0.3, 0.4) is 0 Å². The fraction of sp³-hybridized carbons (Fsp3) is 0.235. The Kier molecular flexibility index (Phi) is 6.61. The van der Waals surface area contributed by atoms with Gasteiger partial charge in [0.2, 0.25) is 0 Å². The van der Waals surface area contributed by atoms with Crippen LogP contribution in [0.4, 0.5) is 16.5 Å². The fourth-order valence-electron chi connectivity index (χ4n) is 2.10. The highest BCUT2D eigenvalue weighted by atomic mass is 32.1. The minimum Gasteiger partial charge on any atom is -0.451 e. The molecule has 1 heterocycles. The molecule has 0 radical (unpaired) electrons. The minimum atomic E-state index is -0.761. The Morgan fingerprint density at radius 3 is 2.81 bits per heavy atom. The number of carbonyl (C=O) groups excluding carboxylic acids is 2. The van der Waals surface area contributed by atoms with Crippen LogP contribution in [0.5, 0.6) is 0 Å². The lowest BCUT2D eigenvalue weighted by Gasteiger charge is -2.11. The molecule has 2 rings (SSSR count). The van der Waals surface area contributed by atoms with Crippen LogP contribution in [-0.2, 0) is 9.53 Å². The number of esters is 1. The fourth-order valence-corrected chi connectivity index (χ4v) is 2.79. The number of nitro benzene ring substituents is 1. The molecule has 0 spiro atoms. The first kappa shape index (κ1) is 20.0. The second kappa shape index (κ2) is 8.90. The zero-order valence-corrected chi connectivity index (χ0v) is 15.6. The van der Waals surface area contributed by atoms with Crippen LogP contribution >= 0.6 is 11.3 Å². The van der Waals surface area contributed by atoms with Crippen molar-refractivity contribution in [3.8, 4) is 0 Å². The van der Waals surface area contributed by atoms with Crippen LogP contribution in [0.1, 0.15) is 21.6 Å². The number of aromatic nitrogens is 1. The van der Waals surface area contributed by atoms with Gasteiger partial charge in [0.25, 0.3) is 11.6 Å². The van der Waals surface area contributed by atoms with Crippen molar-refractivity contribution in [3.05, 3.63) is 57.1 Å². The summed E-state index contributed by atoms with van der Waals surface area (Å²) < 4.78 is 4.93. The second-order valence-corrected chi connectivity index (χ2v) is 6.35. The number of carbonyl (C=O) groups is 2. The molecule has 0 aliphatic carbocycles. The topological polar surface area (TPSA) is 123 Å². The van der Waals surface area contributed by atoms with E-state index < -0.39 is 23.4 Å². The number of amides is 1. The van der Waals surface area contributed by atoms with Gasteiger partial charge in [-0.05, 0) is 25.0 Å². The molecule has 0 saturated carbocycles. The predicted octanol–water partition coefficient (Wildman–Crippen LogP) is 3.06. The number of ether oxygens (including phenoxy) is 1. The summed E-state index contributed by atoms with van der Waals surface area (Å²) in [4.78, 5) is 38.7. The Hall–Kier alpha value is -3.27. The number of nitro groups is 1. The quantitative estimate of drug-likeness (QED) is 0.307. The number of thiazole rings is 1. The average Bonchev–Trinajstić information content (AvgIpc) is 3.10. The lowest BCUT2D eigenvalue weighted by molar-refractivity contribution is -0.384. The number of anilines is 2. The van der Waals surface area contributed by atoms with Crippen LogP contribution < -0.4 is 10.6 Å². The van der Waals surface area contributed by atoms with Gasteiger partial charge in [0.05, 0.1) is 4.92 Å². The molecule has 0 unspecified atom stereocenters. The average molecular weight is 390 g/mol. The Balaban J connectivity index is 1.99. The van der Waals surface area contributed by atoms with Gasteiger partial charge in [-0.25, -0.2) is 9.78 Å². The maximum atomic E-state index is 12.1. The van der Waals surface area contributed by atoms with E-state index in [1.807, 2.05) is 0 Å². The van der Waals surface area contributed by atoms with E-state index in [1.54, 1.807) is 26.0 Å². The normalized spacial score (nSPS) is 10.1. The number of rotatable bonds is 8. The van der Waals surface area contributed by atoms with E-state index in [9.17, 15) is 19.7 Å². The lowest BCUT2D eigenvalue weighted by atomic mass is 10.1. The predicted molar refractivity (Wildman–Crippen MR) is 102 cm³/mol. The first-order valence-corrected chi connectivity index (χ1v) is 8.73. The van der Waals surface area contributed by atoms with Gasteiger partial charge in [-0.2, -0.15) is 0 Å². The third-order valence-electron chi connectivity index (χ3n) is 3.62. The van der Waals surface area contributed by atoms with Gasteiger partial charge in [-0.1, -0.05) is 12.1 Å². The van der Waals surface area contributed by atoms with E-state index in [0.29, 0.717) is 17.2 Å². The molecule has 2 N–H and O–H groups in total. The number of nitrogens with one attached hydrogen (secondary N) is 2. The van der Waals surface area contributed by atoms with E-state index in [0.717, 1.165) is 5.56 Å². The third-order valence-corrected chi connectivity index (χ3v) is 4.42. The third kappa shape index (κ3) is 5.11. The summed E-state index contributed by atoms with van der Waals surface area (Å²) >= 11 is 1.22. The number of hydrogen-bond acceptors (Lipinski definition) is 8. The van der Waals surface area contributed by atoms with Crippen molar-refractivity contribution < 1.29 is 19.2 Å². The SMILES string of the molecule is C=CCNc1nc(C(=O)OCC(=O)Nc2c([N+](=O)[O-])ccc(C)c2C)cs1. The summed E-state index contributed by atoms with van der Waals surface area (Å²) in [7, 11) is 0. The van der Waals surface area contributed by atoms with Gasteiger partial charge in [-0.3, -0.25) is 14.9 Å². The molecule has 0 aliphatic heterocycles. The maximum absolute atomic E-state index is 12.1. The largest absolute Gasteiger partial charge is 0.451 e. The zero-order chi connectivity index (χ0) is 20.0. The highest BCUT2D eigenvalue weighted by molar-refractivity contribution is 7.13. The van der Waals surface area contributed by atoms with Crippen molar-refractivity contribution in [1.29, 1.82) is 0 Å². The molecule has 1 aromatic carbocycles. The molecule has 0 atom stereocenters. The summed E-state index contributed by atoms with van der Waals surface area (Å²) in [6.07, 6.45) is 1.65. The smallest absolute Gasteiger partial charge is 0.358 e. The van der Waals surface area contributed by atoms with Crippen molar-refractivity contribution in [1.82, 2.24) is 4.98 Å². The monoisotopic (exact) mass is 390 g/mol. The molecule has 27 heavy (non-hydrogen) atoms. The van der Waals surface area contributed by atoms with E-state index in [4.69, 9.17) is 4.74 Å². The van der Waals surface area contributed by atoms with Gasteiger partial charge in [0, 0.05) is 18.0 Å². The molecular weight excluding hydrogens is 372 g/mol. The van der Waals surface area contributed by atoms with E-state index in [2.05, 4.69) is 22.2 Å². The van der Waals surface area contributed by atoms with Gasteiger partial charge >= 0.3 is 5.97 Å². The molecule has 9 nitrogen and oxygen atoms in total. The second-order valence-electron chi connectivity index (χ2n) is 5.49. The number of aryl methyl sites for hydroxylation is 1. The van der Waals surface area contributed by atoms with Gasteiger partial charge in [0.1, 0.15) is 5.69 Å². The van der Waals surface area contributed by atoms with Crippen LogP contribution in [0, 0.1) is 24.0 Å². The summed E-state index contributed by atoms with van der Waals surface area (Å²) in [6, 6.07) is 2.92. The number of hydrogen-bond donors (Lipinski definition) is 2. The lowest BCUT2D eigenvalue weighted by Crippen LogP contribution is -2.22. The molecule has 2 aromatic rings. The number of benzene rings is 1. The van der Waals surface area contributed by atoms with E-state index in [1.165, 1.54) is 22.8 Å². The summed E-state index contributed by atoms with van der Waals surface area (Å²) in [5, 5.41) is 18.5. The highest BCUT2D eigenvalue weighted by Crippen LogP contribution is 2.30. The molecule has 0 fully saturated rings. The molecule has 0 bridgehead atoms. The van der Waals surface area contributed by atoms with Crippen molar-refractivity contribution in [2.75, 3.05) is 23.8 Å². The first-order chi connectivity index (χ1) is 12.8. The van der Waals surface area contributed by atoms with Crippen molar-refractivity contribution in [2.45, 2.75) is 13.8 Å². The molecule has 10 heteroatoms. The van der Waals surface area contributed by atoms with Crippen molar-refractivity contribution in [2.24, 2.45) is 0 Å². The summed E-state index contributed by atoms with van der Waals surface area (Å²) in [6.45, 7) is 6.91. The van der Waals surface area contributed by atoms with Crippen LogP contribution in [0.25, 0.3) is 0 Å². The summed E-state index contributed by atoms with van der Waals surface area (Å²) in [5.41, 5.74) is 1.29. The zero-order valence-electron chi connectivity index (χ0n) is 14.8. The van der Waals surface area contributed by atoms with Gasteiger partial charge in [-0.15, -0.1) is 17.9 Å². The van der Waals surface area contributed by atoms with Crippen LogP contribution in [0.2, 0.25) is 0 Å². The van der Waals surface area contributed by atoms with Crippen molar-refractivity contribution >= 4 is 39.7 Å².